The molecule has 4 nitrogen and oxygen atoms in total. The second-order valence-corrected chi connectivity index (χ2v) is 6.90. The summed E-state index contributed by atoms with van der Waals surface area (Å²) in [5.74, 6) is 0.130. The number of benzene rings is 2. The first-order valence-electron chi connectivity index (χ1n) is 7.91. The molecule has 0 fully saturated rings. The molecule has 2 aromatic rings. The number of carbonyl (C=O) groups is 2. The van der Waals surface area contributed by atoms with Crippen LogP contribution in [0.5, 0.6) is 0 Å². The van der Waals surface area contributed by atoms with Gasteiger partial charge in [-0.1, -0.05) is 41.9 Å². The van der Waals surface area contributed by atoms with Crippen LogP contribution in [0.3, 0.4) is 0 Å². The fraction of sp³-hybridized carbons (Fsp3) is 0.263. The van der Waals surface area contributed by atoms with Crippen molar-refractivity contribution in [2.24, 2.45) is 5.92 Å². The third kappa shape index (κ3) is 5.49. The second kappa shape index (κ2) is 8.64. The Balaban J connectivity index is 2.03. The number of hydrogen-bond donors (Lipinski definition) is 2. The Morgan fingerprint density at radius 3 is 2.33 bits per heavy atom. The molecule has 0 saturated heterocycles. The highest BCUT2D eigenvalue weighted by atomic mass is 79.9. The third-order valence-electron chi connectivity index (χ3n) is 3.48. The quantitative estimate of drug-likeness (QED) is 0.766. The number of nitrogens with one attached hydrogen (secondary N) is 2. The van der Waals surface area contributed by atoms with Gasteiger partial charge in [-0.2, -0.15) is 0 Å². The number of halogens is 1. The molecule has 0 unspecified atom stereocenters. The zero-order valence-corrected chi connectivity index (χ0v) is 15.4. The molecule has 2 aromatic carbocycles. The molecule has 0 aliphatic carbocycles. The minimum Gasteiger partial charge on any atom is -0.352 e. The number of carbonyl (C=O) groups excluding carboxylic acids is 2. The first-order valence-corrected chi connectivity index (χ1v) is 8.70. The van der Waals surface area contributed by atoms with E-state index in [2.05, 4.69) is 40.4 Å². The van der Waals surface area contributed by atoms with E-state index in [-0.39, 0.29) is 11.8 Å². The van der Waals surface area contributed by atoms with E-state index in [0.29, 0.717) is 29.3 Å². The number of rotatable bonds is 6. The Hall–Kier alpha value is -2.14. The predicted molar refractivity (Wildman–Crippen MR) is 100 cm³/mol. The van der Waals surface area contributed by atoms with E-state index >= 15 is 0 Å². The Morgan fingerprint density at radius 1 is 1.00 bits per heavy atom. The Morgan fingerprint density at radius 2 is 1.67 bits per heavy atom. The number of hydrogen-bond acceptors (Lipinski definition) is 2. The van der Waals surface area contributed by atoms with E-state index in [0.717, 1.165) is 10.9 Å². The zero-order chi connectivity index (χ0) is 17.5. The smallest absolute Gasteiger partial charge is 0.255 e. The van der Waals surface area contributed by atoms with Gasteiger partial charge in [-0.3, -0.25) is 9.59 Å². The van der Waals surface area contributed by atoms with Gasteiger partial charge in [0.1, 0.15) is 0 Å². The molecule has 0 bridgehead atoms. The van der Waals surface area contributed by atoms with Crippen molar-refractivity contribution in [3.05, 3.63) is 64.1 Å². The van der Waals surface area contributed by atoms with Gasteiger partial charge in [-0.15, -0.1) is 0 Å². The molecule has 0 aliphatic rings. The van der Waals surface area contributed by atoms with E-state index in [9.17, 15) is 9.59 Å². The van der Waals surface area contributed by atoms with E-state index in [1.165, 1.54) is 0 Å². The standard InChI is InChI=1S/C19H21BrN2O2/c1-13(2)9-10-21-18(23)14-5-3-6-15(11-14)19(24)22-17-8-4-7-16(20)12-17/h3-8,11-13H,9-10H2,1-2H3,(H,21,23)(H,22,24). The lowest BCUT2D eigenvalue weighted by atomic mass is 10.1. The molecular formula is C19H21BrN2O2. The van der Waals surface area contributed by atoms with Gasteiger partial charge < -0.3 is 10.6 Å². The summed E-state index contributed by atoms with van der Waals surface area (Å²) in [6.45, 7) is 4.85. The molecular weight excluding hydrogens is 368 g/mol. The summed E-state index contributed by atoms with van der Waals surface area (Å²) in [5, 5.41) is 5.70. The molecule has 0 saturated carbocycles. The van der Waals surface area contributed by atoms with Crippen LogP contribution < -0.4 is 10.6 Å². The van der Waals surface area contributed by atoms with Crippen molar-refractivity contribution < 1.29 is 9.59 Å². The Labute approximate surface area is 150 Å². The highest BCUT2D eigenvalue weighted by molar-refractivity contribution is 9.10. The van der Waals surface area contributed by atoms with Crippen molar-refractivity contribution in [3.8, 4) is 0 Å². The monoisotopic (exact) mass is 388 g/mol. The number of amides is 2. The minimum atomic E-state index is -0.245. The molecule has 126 valence electrons. The molecule has 24 heavy (non-hydrogen) atoms. The zero-order valence-electron chi connectivity index (χ0n) is 13.8. The molecule has 0 heterocycles. The third-order valence-corrected chi connectivity index (χ3v) is 3.97. The lowest BCUT2D eigenvalue weighted by Crippen LogP contribution is -2.25. The summed E-state index contributed by atoms with van der Waals surface area (Å²) in [6, 6.07) is 14.1. The molecule has 2 amide bonds. The van der Waals surface area contributed by atoms with Gasteiger partial charge in [0, 0.05) is 27.8 Å². The minimum absolute atomic E-state index is 0.159. The first kappa shape index (κ1) is 18.2. The molecule has 0 atom stereocenters. The molecule has 0 radical (unpaired) electrons. The average Bonchev–Trinajstić information content (AvgIpc) is 2.54. The highest BCUT2D eigenvalue weighted by Crippen LogP contribution is 2.17. The van der Waals surface area contributed by atoms with E-state index in [4.69, 9.17) is 0 Å². The van der Waals surface area contributed by atoms with Crippen molar-refractivity contribution in [2.45, 2.75) is 20.3 Å². The molecule has 5 heteroatoms. The largest absolute Gasteiger partial charge is 0.352 e. The van der Waals surface area contributed by atoms with Gasteiger partial charge in [-0.05, 0) is 48.7 Å². The van der Waals surface area contributed by atoms with Crippen LogP contribution in [0, 0.1) is 5.92 Å². The van der Waals surface area contributed by atoms with Crippen LogP contribution in [-0.4, -0.2) is 18.4 Å². The van der Waals surface area contributed by atoms with Crippen molar-refractivity contribution in [1.82, 2.24) is 5.32 Å². The van der Waals surface area contributed by atoms with Crippen molar-refractivity contribution in [1.29, 1.82) is 0 Å². The summed E-state index contributed by atoms with van der Waals surface area (Å²) in [4.78, 5) is 24.5. The number of anilines is 1. The van der Waals surface area contributed by atoms with Crippen LogP contribution in [0.4, 0.5) is 5.69 Å². The molecule has 0 aromatic heterocycles. The molecule has 0 spiro atoms. The first-order chi connectivity index (χ1) is 11.5. The fourth-order valence-electron chi connectivity index (χ4n) is 2.15. The summed E-state index contributed by atoms with van der Waals surface area (Å²) in [6.07, 6.45) is 0.925. The lowest BCUT2D eigenvalue weighted by Gasteiger charge is -2.09. The normalized spacial score (nSPS) is 10.5. The fourth-order valence-corrected chi connectivity index (χ4v) is 2.55. The van der Waals surface area contributed by atoms with Crippen LogP contribution in [0.25, 0.3) is 0 Å². The van der Waals surface area contributed by atoms with Gasteiger partial charge in [-0.25, -0.2) is 0 Å². The maximum absolute atomic E-state index is 12.3. The van der Waals surface area contributed by atoms with Crippen LogP contribution in [0.2, 0.25) is 0 Å². The average molecular weight is 389 g/mol. The summed E-state index contributed by atoms with van der Waals surface area (Å²) < 4.78 is 0.888. The van der Waals surface area contributed by atoms with Crippen LogP contribution in [0.1, 0.15) is 41.0 Å². The topological polar surface area (TPSA) is 58.2 Å². The van der Waals surface area contributed by atoms with E-state index < -0.39 is 0 Å². The van der Waals surface area contributed by atoms with Crippen LogP contribution in [-0.2, 0) is 0 Å². The molecule has 2 N–H and O–H groups in total. The van der Waals surface area contributed by atoms with E-state index in [1.54, 1.807) is 24.3 Å². The van der Waals surface area contributed by atoms with Gasteiger partial charge in [0.15, 0.2) is 0 Å². The molecule has 0 aliphatic heterocycles. The maximum atomic E-state index is 12.3. The summed E-state index contributed by atoms with van der Waals surface area (Å²) in [7, 11) is 0. The van der Waals surface area contributed by atoms with E-state index in [1.807, 2.05) is 24.3 Å². The Bertz CT molecular complexity index is 729. The summed E-state index contributed by atoms with van der Waals surface area (Å²) in [5.41, 5.74) is 1.63. The van der Waals surface area contributed by atoms with Gasteiger partial charge >= 0.3 is 0 Å². The highest BCUT2D eigenvalue weighted by Gasteiger charge is 2.11. The van der Waals surface area contributed by atoms with Gasteiger partial charge in [0.25, 0.3) is 11.8 Å². The molecule has 2 rings (SSSR count). The second-order valence-electron chi connectivity index (χ2n) is 5.98. The van der Waals surface area contributed by atoms with Crippen molar-refractivity contribution >= 4 is 33.4 Å². The van der Waals surface area contributed by atoms with Crippen molar-refractivity contribution in [3.63, 3.8) is 0 Å². The lowest BCUT2D eigenvalue weighted by molar-refractivity contribution is 0.0952. The van der Waals surface area contributed by atoms with Crippen molar-refractivity contribution in [2.75, 3.05) is 11.9 Å². The van der Waals surface area contributed by atoms with Crippen LogP contribution >= 0.6 is 15.9 Å². The maximum Gasteiger partial charge on any atom is 0.255 e. The predicted octanol–water partition coefficient (Wildman–Crippen LogP) is 4.48. The Kier molecular flexibility index (Phi) is 6.55. The van der Waals surface area contributed by atoms with Gasteiger partial charge in [0.2, 0.25) is 0 Å². The van der Waals surface area contributed by atoms with Gasteiger partial charge in [0.05, 0.1) is 0 Å². The van der Waals surface area contributed by atoms with Crippen LogP contribution in [0.15, 0.2) is 53.0 Å². The summed E-state index contributed by atoms with van der Waals surface area (Å²) >= 11 is 3.37. The SMILES string of the molecule is CC(C)CCNC(=O)c1cccc(C(=O)Nc2cccc(Br)c2)c1.